The van der Waals surface area contributed by atoms with Crippen molar-refractivity contribution in [2.24, 2.45) is 11.3 Å². The van der Waals surface area contributed by atoms with Crippen LogP contribution in [0, 0.1) is 11.3 Å². The minimum atomic E-state index is -0.976. The van der Waals surface area contributed by atoms with Crippen LogP contribution in [0.5, 0.6) is 0 Å². The first-order valence-corrected chi connectivity index (χ1v) is 5.44. The lowest BCUT2D eigenvalue weighted by Crippen LogP contribution is -2.52. The molecule has 0 aliphatic carbocycles. The monoisotopic (exact) mass is 218 g/mol. The molecular weight excluding hydrogens is 196 g/mol. The number of aliphatic hydroxyl groups excluding tert-OH is 3. The van der Waals surface area contributed by atoms with Gasteiger partial charge in [-0.3, -0.25) is 0 Å². The Morgan fingerprint density at radius 3 is 2.27 bits per heavy atom. The van der Waals surface area contributed by atoms with Gasteiger partial charge in [-0.1, -0.05) is 20.8 Å². The normalized spacial score (nSPS) is 38.0. The number of aliphatic hydroxyl groups is 3. The Balaban J connectivity index is 2.56. The third-order valence-corrected chi connectivity index (χ3v) is 2.79. The van der Waals surface area contributed by atoms with Crippen molar-refractivity contribution in [3.63, 3.8) is 0 Å². The van der Waals surface area contributed by atoms with Gasteiger partial charge in [0.25, 0.3) is 0 Å². The van der Waals surface area contributed by atoms with Crippen molar-refractivity contribution in [3.8, 4) is 0 Å². The van der Waals surface area contributed by atoms with Crippen molar-refractivity contribution < 1.29 is 20.1 Å². The second-order valence-electron chi connectivity index (χ2n) is 5.56. The second-order valence-corrected chi connectivity index (χ2v) is 5.56. The van der Waals surface area contributed by atoms with Gasteiger partial charge in [0.2, 0.25) is 0 Å². The van der Waals surface area contributed by atoms with Crippen LogP contribution in [0.25, 0.3) is 0 Å². The number of rotatable bonds is 2. The summed E-state index contributed by atoms with van der Waals surface area (Å²) in [6.45, 7) is 6.42. The highest BCUT2D eigenvalue weighted by atomic mass is 16.5. The summed E-state index contributed by atoms with van der Waals surface area (Å²) in [5, 5.41) is 28.4. The summed E-state index contributed by atoms with van der Waals surface area (Å²) in [7, 11) is 0. The topological polar surface area (TPSA) is 69.9 Å². The van der Waals surface area contributed by atoms with Crippen LogP contribution in [-0.2, 0) is 4.74 Å². The van der Waals surface area contributed by atoms with Crippen molar-refractivity contribution in [2.75, 3.05) is 13.2 Å². The van der Waals surface area contributed by atoms with Gasteiger partial charge in [0.15, 0.2) is 0 Å². The number of ether oxygens (including phenoxy) is 1. The predicted molar refractivity (Wildman–Crippen MR) is 56.4 cm³/mol. The van der Waals surface area contributed by atoms with Crippen LogP contribution in [-0.4, -0.2) is 46.8 Å². The lowest BCUT2D eigenvalue weighted by molar-refractivity contribution is -0.179. The third-order valence-electron chi connectivity index (χ3n) is 2.79. The molecule has 0 bridgehead atoms. The lowest BCUT2D eigenvalue weighted by Gasteiger charge is -2.39. The molecule has 4 heteroatoms. The summed E-state index contributed by atoms with van der Waals surface area (Å²) < 4.78 is 5.31. The highest BCUT2D eigenvalue weighted by Gasteiger charge is 2.39. The van der Waals surface area contributed by atoms with E-state index in [-0.39, 0.29) is 17.9 Å². The summed E-state index contributed by atoms with van der Waals surface area (Å²) in [5.74, 6) is -0.0530. The number of hydrogen-bond acceptors (Lipinski definition) is 4. The fourth-order valence-corrected chi connectivity index (χ4v) is 2.07. The SMILES string of the molecule is CC(C)(C)C[C@H]1CO[C@H](CO)[C@H](O)[C@@H]1O. The Bertz CT molecular complexity index is 199. The fraction of sp³-hybridized carbons (Fsp3) is 1.00. The second kappa shape index (κ2) is 4.78. The maximum absolute atomic E-state index is 9.86. The van der Waals surface area contributed by atoms with Gasteiger partial charge < -0.3 is 20.1 Å². The first-order chi connectivity index (χ1) is 6.85. The molecule has 1 fully saturated rings. The van der Waals surface area contributed by atoms with Crippen molar-refractivity contribution in [1.82, 2.24) is 0 Å². The van der Waals surface area contributed by atoms with E-state index in [4.69, 9.17) is 9.84 Å². The minimum absolute atomic E-state index is 0.0530. The van der Waals surface area contributed by atoms with Gasteiger partial charge in [0.05, 0.1) is 19.3 Å². The third kappa shape index (κ3) is 3.41. The largest absolute Gasteiger partial charge is 0.394 e. The molecule has 0 amide bonds. The van der Waals surface area contributed by atoms with E-state index in [1.165, 1.54) is 0 Å². The van der Waals surface area contributed by atoms with Gasteiger partial charge in [0, 0.05) is 5.92 Å². The first-order valence-electron chi connectivity index (χ1n) is 5.44. The quantitative estimate of drug-likeness (QED) is 0.617. The summed E-state index contributed by atoms with van der Waals surface area (Å²) in [6, 6.07) is 0. The van der Waals surface area contributed by atoms with Gasteiger partial charge in [-0.05, 0) is 11.8 Å². The van der Waals surface area contributed by atoms with Crippen LogP contribution in [0.2, 0.25) is 0 Å². The minimum Gasteiger partial charge on any atom is -0.394 e. The molecule has 1 rings (SSSR count). The summed E-state index contributed by atoms with van der Waals surface area (Å²) in [4.78, 5) is 0. The molecule has 0 aromatic heterocycles. The molecular formula is C11H22O4. The lowest BCUT2D eigenvalue weighted by atomic mass is 9.79. The molecule has 1 saturated heterocycles. The molecule has 1 aliphatic heterocycles. The number of hydrogen-bond donors (Lipinski definition) is 3. The zero-order valence-corrected chi connectivity index (χ0v) is 9.68. The van der Waals surface area contributed by atoms with Crippen molar-refractivity contribution >= 4 is 0 Å². The first kappa shape index (κ1) is 12.9. The Morgan fingerprint density at radius 1 is 1.20 bits per heavy atom. The molecule has 1 aliphatic rings. The van der Waals surface area contributed by atoms with E-state index in [2.05, 4.69) is 20.8 Å². The van der Waals surface area contributed by atoms with Crippen LogP contribution in [0.4, 0.5) is 0 Å². The van der Waals surface area contributed by atoms with Crippen LogP contribution in [0.3, 0.4) is 0 Å². The average Bonchev–Trinajstić information content (AvgIpc) is 2.11. The maximum atomic E-state index is 9.86. The van der Waals surface area contributed by atoms with Gasteiger partial charge in [-0.25, -0.2) is 0 Å². The average molecular weight is 218 g/mol. The predicted octanol–water partition coefficient (Wildman–Crippen LogP) is 0.152. The molecule has 0 radical (unpaired) electrons. The molecule has 0 unspecified atom stereocenters. The Kier molecular flexibility index (Phi) is 4.12. The Labute approximate surface area is 90.9 Å². The van der Waals surface area contributed by atoms with E-state index in [1.807, 2.05) is 0 Å². The zero-order valence-electron chi connectivity index (χ0n) is 9.68. The summed E-state index contributed by atoms with van der Waals surface area (Å²) in [6.07, 6.45) is -1.62. The molecule has 0 spiro atoms. The highest BCUT2D eigenvalue weighted by molar-refractivity contribution is 4.88. The molecule has 3 N–H and O–H groups in total. The van der Waals surface area contributed by atoms with Crippen molar-refractivity contribution in [1.29, 1.82) is 0 Å². The smallest absolute Gasteiger partial charge is 0.109 e. The molecule has 0 aromatic carbocycles. The van der Waals surface area contributed by atoms with Crippen LogP contribution in [0.1, 0.15) is 27.2 Å². The van der Waals surface area contributed by atoms with Gasteiger partial charge in [0.1, 0.15) is 12.2 Å². The molecule has 4 nitrogen and oxygen atoms in total. The van der Waals surface area contributed by atoms with E-state index >= 15 is 0 Å². The summed E-state index contributed by atoms with van der Waals surface area (Å²) >= 11 is 0. The summed E-state index contributed by atoms with van der Waals surface area (Å²) in [5.41, 5.74) is 0.0980. The molecule has 90 valence electrons. The van der Waals surface area contributed by atoms with Gasteiger partial charge in [-0.15, -0.1) is 0 Å². The highest BCUT2D eigenvalue weighted by Crippen LogP contribution is 2.31. The van der Waals surface area contributed by atoms with Crippen LogP contribution >= 0.6 is 0 Å². The molecule has 15 heavy (non-hydrogen) atoms. The molecule has 1 heterocycles. The van der Waals surface area contributed by atoms with Crippen molar-refractivity contribution in [2.45, 2.75) is 45.5 Å². The van der Waals surface area contributed by atoms with E-state index in [0.717, 1.165) is 6.42 Å². The molecule has 0 aromatic rings. The molecule has 4 atom stereocenters. The van der Waals surface area contributed by atoms with Crippen LogP contribution in [0.15, 0.2) is 0 Å². The van der Waals surface area contributed by atoms with Crippen molar-refractivity contribution in [3.05, 3.63) is 0 Å². The zero-order chi connectivity index (χ0) is 11.6. The van der Waals surface area contributed by atoms with E-state index < -0.39 is 18.3 Å². The standard InChI is InChI=1S/C11H22O4/c1-11(2,3)4-7-6-15-8(5-12)10(14)9(7)13/h7-10,12-14H,4-6H2,1-3H3/t7-,8+,9+,10-/m0/s1. The fourth-order valence-electron chi connectivity index (χ4n) is 2.07. The maximum Gasteiger partial charge on any atom is 0.109 e. The Hall–Kier alpha value is -0.160. The molecule has 0 saturated carbocycles. The van der Waals surface area contributed by atoms with Gasteiger partial charge >= 0.3 is 0 Å². The van der Waals surface area contributed by atoms with E-state index in [1.54, 1.807) is 0 Å². The Morgan fingerprint density at radius 2 is 1.80 bits per heavy atom. The van der Waals surface area contributed by atoms with E-state index in [0.29, 0.717) is 6.61 Å². The van der Waals surface area contributed by atoms with Gasteiger partial charge in [-0.2, -0.15) is 0 Å². The van der Waals surface area contributed by atoms with Crippen LogP contribution < -0.4 is 0 Å². The van der Waals surface area contributed by atoms with E-state index in [9.17, 15) is 10.2 Å².